The number of benzene rings is 1. The summed E-state index contributed by atoms with van der Waals surface area (Å²) in [5, 5.41) is 1.53. The molecule has 20 heavy (non-hydrogen) atoms. The highest BCUT2D eigenvalue weighted by molar-refractivity contribution is 6.32. The fourth-order valence-electron chi connectivity index (χ4n) is 2.03. The van der Waals surface area contributed by atoms with Gasteiger partial charge in [0.25, 0.3) is 0 Å². The number of rotatable bonds is 2. The normalized spacial score (nSPS) is 11.1. The largest absolute Gasteiger partial charge is 0.396 e. The Morgan fingerprint density at radius 1 is 1.15 bits per heavy atom. The van der Waals surface area contributed by atoms with E-state index in [9.17, 15) is 0 Å². The van der Waals surface area contributed by atoms with Crippen LogP contribution in [0.3, 0.4) is 0 Å². The molecule has 0 spiro atoms. The monoisotopic (exact) mass is 292 g/mol. The van der Waals surface area contributed by atoms with Crippen LogP contribution in [0.4, 0.5) is 5.69 Å². The number of hydrogen-bond donors (Lipinski definition) is 1. The number of hydrogen-bond acceptors (Lipinski definition) is 2. The Kier molecular flexibility index (Phi) is 5.82. The molecule has 0 fully saturated rings. The van der Waals surface area contributed by atoms with Gasteiger partial charge in [0.15, 0.2) is 5.15 Å². The predicted molar refractivity (Wildman–Crippen MR) is 90.3 cm³/mol. The molecule has 1 aromatic carbocycles. The number of nitrogens with two attached hydrogens (primary N) is 1. The number of fused-ring (bicyclic) bond motifs is 1. The molecule has 0 amide bonds. The molecule has 2 rings (SSSR count). The fraction of sp³-hybridized carbons (Fsp3) is 0.471. The summed E-state index contributed by atoms with van der Waals surface area (Å²) in [7, 11) is 0. The minimum absolute atomic E-state index is 0.281. The van der Waals surface area contributed by atoms with Gasteiger partial charge in [0, 0.05) is 5.39 Å². The molecular formula is C17H25ClN2. The molecule has 1 heterocycles. The van der Waals surface area contributed by atoms with Crippen LogP contribution < -0.4 is 5.73 Å². The maximum Gasteiger partial charge on any atom is 0.152 e. The lowest BCUT2D eigenvalue weighted by molar-refractivity contribution is 0.379. The zero-order valence-electron chi connectivity index (χ0n) is 13.1. The van der Waals surface area contributed by atoms with Gasteiger partial charge >= 0.3 is 0 Å². The molecule has 0 saturated heterocycles. The van der Waals surface area contributed by atoms with Crippen LogP contribution in [0.5, 0.6) is 0 Å². The van der Waals surface area contributed by atoms with E-state index in [1.165, 1.54) is 0 Å². The van der Waals surface area contributed by atoms with Gasteiger partial charge < -0.3 is 5.73 Å². The summed E-state index contributed by atoms with van der Waals surface area (Å²) in [6.45, 7) is 10.7. The van der Waals surface area contributed by atoms with E-state index in [0.29, 0.717) is 10.8 Å². The molecule has 3 heteroatoms. The number of halogens is 1. The molecular weight excluding hydrogens is 268 g/mol. The van der Waals surface area contributed by atoms with E-state index in [4.69, 9.17) is 17.3 Å². The first-order valence-electron chi connectivity index (χ1n) is 7.21. The summed E-state index contributed by atoms with van der Waals surface area (Å²) in [6, 6.07) is 8.02. The molecule has 0 aliphatic heterocycles. The van der Waals surface area contributed by atoms with Crippen molar-refractivity contribution in [2.75, 3.05) is 5.73 Å². The number of nitrogens with zero attached hydrogens (tertiary/aromatic N) is 1. The lowest BCUT2D eigenvalue weighted by Crippen LogP contribution is -2.08. The summed E-state index contributed by atoms with van der Waals surface area (Å²) in [5.74, 6) is 0. The van der Waals surface area contributed by atoms with Crippen molar-refractivity contribution in [3.63, 3.8) is 0 Å². The summed E-state index contributed by atoms with van der Waals surface area (Å²) in [4.78, 5) is 4.32. The Bertz CT molecular complexity index is 571. The highest BCUT2D eigenvalue weighted by atomic mass is 35.5. The zero-order chi connectivity index (χ0) is 15.3. The van der Waals surface area contributed by atoms with Crippen LogP contribution in [0.2, 0.25) is 5.15 Å². The summed E-state index contributed by atoms with van der Waals surface area (Å²) >= 11 is 6.11. The Labute approximate surface area is 127 Å². The van der Waals surface area contributed by atoms with E-state index in [-0.39, 0.29) is 5.41 Å². The minimum atomic E-state index is 0.281. The third kappa shape index (κ3) is 4.11. The molecule has 0 saturated carbocycles. The van der Waals surface area contributed by atoms with Gasteiger partial charge in [-0.25, -0.2) is 4.98 Å². The van der Waals surface area contributed by atoms with Gasteiger partial charge in [-0.05, 0) is 29.9 Å². The second-order valence-electron chi connectivity index (χ2n) is 5.87. The fourth-order valence-corrected chi connectivity index (χ4v) is 2.24. The van der Waals surface area contributed by atoms with Gasteiger partial charge in [0.2, 0.25) is 0 Å². The van der Waals surface area contributed by atoms with E-state index < -0.39 is 0 Å². The van der Waals surface area contributed by atoms with Crippen molar-refractivity contribution in [2.24, 2.45) is 5.41 Å². The molecule has 0 aliphatic rings. The standard InChI is InChI=1S/C15H19ClN2.C2H6/c1-15(2,3)9-8-11-10-6-4-5-7-12(10)18-14(16)13(11)17;1-2/h4-7H,8-9,17H2,1-3H3;1-2H3. The maximum atomic E-state index is 6.11. The van der Waals surface area contributed by atoms with Crippen LogP contribution in [0.25, 0.3) is 10.9 Å². The second kappa shape index (κ2) is 6.94. The summed E-state index contributed by atoms with van der Waals surface area (Å²) in [6.07, 6.45) is 2.00. The molecule has 2 aromatic rings. The van der Waals surface area contributed by atoms with Gasteiger partial charge in [-0.15, -0.1) is 0 Å². The van der Waals surface area contributed by atoms with Crippen molar-refractivity contribution in [1.82, 2.24) is 4.98 Å². The van der Waals surface area contributed by atoms with Crippen molar-refractivity contribution >= 4 is 28.2 Å². The summed E-state index contributed by atoms with van der Waals surface area (Å²) < 4.78 is 0. The molecule has 2 N–H and O–H groups in total. The minimum Gasteiger partial charge on any atom is -0.396 e. The molecule has 2 nitrogen and oxygen atoms in total. The number of nitrogen functional groups attached to an aromatic ring is 1. The van der Waals surface area contributed by atoms with Gasteiger partial charge in [0.1, 0.15) is 0 Å². The van der Waals surface area contributed by atoms with Gasteiger partial charge in [-0.3, -0.25) is 0 Å². The smallest absolute Gasteiger partial charge is 0.152 e. The third-order valence-corrected chi connectivity index (χ3v) is 3.41. The number of aromatic nitrogens is 1. The molecule has 0 radical (unpaired) electrons. The molecule has 0 atom stereocenters. The lowest BCUT2D eigenvalue weighted by Gasteiger charge is -2.19. The highest BCUT2D eigenvalue weighted by Gasteiger charge is 2.15. The van der Waals surface area contributed by atoms with Crippen molar-refractivity contribution < 1.29 is 0 Å². The Morgan fingerprint density at radius 3 is 2.35 bits per heavy atom. The molecule has 0 bridgehead atoms. The van der Waals surface area contributed by atoms with Gasteiger partial charge in [0.05, 0.1) is 11.2 Å². The van der Waals surface area contributed by atoms with Crippen molar-refractivity contribution in [3.8, 4) is 0 Å². The van der Waals surface area contributed by atoms with Crippen molar-refractivity contribution in [2.45, 2.75) is 47.5 Å². The van der Waals surface area contributed by atoms with E-state index in [2.05, 4.69) is 31.8 Å². The van der Waals surface area contributed by atoms with E-state index in [0.717, 1.165) is 29.3 Å². The zero-order valence-corrected chi connectivity index (χ0v) is 13.9. The van der Waals surface area contributed by atoms with Gasteiger partial charge in [-0.1, -0.05) is 64.4 Å². The highest BCUT2D eigenvalue weighted by Crippen LogP contribution is 2.32. The van der Waals surface area contributed by atoms with Crippen LogP contribution in [0.1, 0.15) is 46.6 Å². The van der Waals surface area contributed by atoms with E-state index in [1.807, 2.05) is 32.0 Å². The maximum absolute atomic E-state index is 6.11. The van der Waals surface area contributed by atoms with Crippen molar-refractivity contribution in [1.29, 1.82) is 0 Å². The molecule has 0 unspecified atom stereocenters. The predicted octanol–water partition coefficient (Wildman–Crippen LogP) is 5.48. The molecule has 0 aliphatic carbocycles. The topological polar surface area (TPSA) is 38.9 Å². The van der Waals surface area contributed by atoms with Crippen LogP contribution in [-0.4, -0.2) is 4.98 Å². The third-order valence-electron chi connectivity index (χ3n) is 3.12. The molecule has 1 aromatic heterocycles. The second-order valence-corrected chi connectivity index (χ2v) is 6.23. The number of anilines is 1. The van der Waals surface area contributed by atoms with Crippen LogP contribution in [0, 0.1) is 5.41 Å². The van der Waals surface area contributed by atoms with Crippen LogP contribution >= 0.6 is 11.6 Å². The summed E-state index contributed by atoms with van der Waals surface area (Å²) in [5.41, 5.74) is 9.03. The Morgan fingerprint density at radius 2 is 1.75 bits per heavy atom. The first-order chi connectivity index (χ1) is 9.38. The van der Waals surface area contributed by atoms with Crippen molar-refractivity contribution in [3.05, 3.63) is 35.0 Å². The number of aryl methyl sites for hydroxylation is 1. The Hall–Kier alpha value is -1.28. The Balaban J connectivity index is 0.000000956. The number of para-hydroxylation sites is 1. The average Bonchev–Trinajstić information content (AvgIpc) is 2.40. The number of pyridine rings is 1. The lowest BCUT2D eigenvalue weighted by atomic mass is 9.87. The van der Waals surface area contributed by atoms with E-state index >= 15 is 0 Å². The first-order valence-corrected chi connectivity index (χ1v) is 7.59. The van der Waals surface area contributed by atoms with Crippen LogP contribution in [-0.2, 0) is 6.42 Å². The quantitative estimate of drug-likeness (QED) is 0.745. The van der Waals surface area contributed by atoms with Crippen LogP contribution in [0.15, 0.2) is 24.3 Å². The van der Waals surface area contributed by atoms with E-state index in [1.54, 1.807) is 0 Å². The SMILES string of the molecule is CC.CC(C)(C)CCc1c(N)c(Cl)nc2ccccc12. The van der Waals surface area contributed by atoms with Gasteiger partial charge in [-0.2, -0.15) is 0 Å². The average molecular weight is 293 g/mol. The first kappa shape index (κ1) is 16.8. The molecule has 110 valence electrons.